The molecule has 3 heterocycles. The van der Waals surface area contributed by atoms with Crippen molar-refractivity contribution in [3.63, 3.8) is 0 Å². The van der Waals surface area contributed by atoms with Crippen LogP contribution in [0.1, 0.15) is 29.0 Å². The average Bonchev–Trinajstić information content (AvgIpc) is 3.27. The number of aromatic nitrogens is 3. The number of benzene rings is 1. The van der Waals surface area contributed by atoms with Gasteiger partial charge >= 0.3 is 0 Å². The summed E-state index contributed by atoms with van der Waals surface area (Å²) in [5.41, 5.74) is 4.86. The van der Waals surface area contributed by atoms with Gasteiger partial charge < -0.3 is 4.74 Å². The predicted molar refractivity (Wildman–Crippen MR) is 139 cm³/mol. The number of rotatable bonds is 7. The minimum atomic E-state index is -0.303. The number of hydrogen-bond acceptors (Lipinski definition) is 8. The van der Waals surface area contributed by atoms with Crippen molar-refractivity contribution in [3.8, 4) is 11.4 Å². The lowest BCUT2D eigenvalue weighted by molar-refractivity contribution is -0.118. The molecular weight excluding hydrogens is 482 g/mol. The first-order chi connectivity index (χ1) is 17.1. The molecule has 0 saturated heterocycles. The summed E-state index contributed by atoms with van der Waals surface area (Å²) in [5.74, 6) is 0.449. The van der Waals surface area contributed by atoms with Gasteiger partial charge in [-0.2, -0.15) is 5.10 Å². The molecule has 1 aliphatic rings. The van der Waals surface area contributed by atoms with Gasteiger partial charge in [-0.15, -0.1) is 11.3 Å². The molecule has 1 N–H and O–H groups in total. The van der Waals surface area contributed by atoms with Gasteiger partial charge in [-0.05, 0) is 67.6 Å². The Balaban J connectivity index is 1.45. The summed E-state index contributed by atoms with van der Waals surface area (Å²) in [5, 5.41) is 5.13. The molecule has 5 rings (SSSR count). The van der Waals surface area contributed by atoms with E-state index < -0.39 is 0 Å². The number of pyridine rings is 1. The third-order valence-electron chi connectivity index (χ3n) is 5.69. The van der Waals surface area contributed by atoms with E-state index in [1.54, 1.807) is 35.3 Å². The van der Waals surface area contributed by atoms with E-state index in [9.17, 15) is 9.59 Å². The maximum atomic E-state index is 13.8. The van der Waals surface area contributed by atoms with Crippen LogP contribution in [-0.4, -0.2) is 39.5 Å². The van der Waals surface area contributed by atoms with E-state index in [-0.39, 0.29) is 17.2 Å². The fraction of sp³-hybridized carbons (Fsp3) is 0.240. The largest absolute Gasteiger partial charge is 0.497 e. The number of nitrogens with one attached hydrogen (secondary N) is 1. The quantitative estimate of drug-likeness (QED) is 0.177. The molecular formula is C25H23N5O3S2. The summed E-state index contributed by atoms with van der Waals surface area (Å²) in [6.07, 6.45) is 7.23. The molecule has 3 aromatic heterocycles. The lowest BCUT2D eigenvalue weighted by Crippen LogP contribution is -2.24. The van der Waals surface area contributed by atoms with Crippen LogP contribution in [0.25, 0.3) is 15.9 Å². The van der Waals surface area contributed by atoms with E-state index in [0.29, 0.717) is 27.7 Å². The van der Waals surface area contributed by atoms with E-state index in [4.69, 9.17) is 9.72 Å². The first-order valence-electron chi connectivity index (χ1n) is 11.2. The second-order valence-electron chi connectivity index (χ2n) is 7.96. The molecule has 8 nitrogen and oxygen atoms in total. The Morgan fingerprint density at radius 3 is 2.83 bits per heavy atom. The van der Waals surface area contributed by atoms with Crippen molar-refractivity contribution in [1.82, 2.24) is 20.0 Å². The average molecular weight is 506 g/mol. The number of thiophene rings is 1. The molecule has 0 atom stereocenters. The Kier molecular flexibility index (Phi) is 6.91. The summed E-state index contributed by atoms with van der Waals surface area (Å²) >= 11 is 2.80. The van der Waals surface area contributed by atoms with Crippen LogP contribution in [0.3, 0.4) is 0 Å². The molecule has 4 aromatic rings. The molecule has 0 bridgehead atoms. The molecule has 0 radical (unpaired) electrons. The molecule has 1 aromatic carbocycles. The van der Waals surface area contributed by atoms with Crippen molar-refractivity contribution >= 4 is 45.4 Å². The highest BCUT2D eigenvalue weighted by Crippen LogP contribution is 2.35. The molecule has 178 valence electrons. The Hall–Kier alpha value is -3.50. The Bertz CT molecular complexity index is 1450. The number of hydrazone groups is 1. The first-order valence-corrected chi connectivity index (χ1v) is 13.0. The summed E-state index contributed by atoms with van der Waals surface area (Å²) in [4.78, 5) is 37.2. The Morgan fingerprint density at radius 2 is 2.06 bits per heavy atom. The highest BCUT2D eigenvalue weighted by molar-refractivity contribution is 7.99. The van der Waals surface area contributed by atoms with Crippen LogP contribution < -0.4 is 15.7 Å². The van der Waals surface area contributed by atoms with Gasteiger partial charge in [0.1, 0.15) is 10.6 Å². The predicted octanol–water partition coefficient (Wildman–Crippen LogP) is 3.97. The Morgan fingerprint density at radius 1 is 1.23 bits per heavy atom. The molecule has 10 heteroatoms. The van der Waals surface area contributed by atoms with Crippen molar-refractivity contribution < 1.29 is 9.53 Å². The number of aryl methyl sites for hydroxylation is 2. The summed E-state index contributed by atoms with van der Waals surface area (Å²) in [6.45, 7) is 0. The molecule has 0 aliphatic heterocycles. The lowest BCUT2D eigenvalue weighted by Gasteiger charge is -2.14. The smallest absolute Gasteiger partial charge is 0.267 e. The maximum absolute atomic E-state index is 13.8. The van der Waals surface area contributed by atoms with E-state index in [0.717, 1.165) is 36.1 Å². The fourth-order valence-electron chi connectivity index (χ4n) is 4.03. The monoisotopic (exact) mass is 505 g/mol. The second-order valence-corrected chi connectivity index (χ2v) is 9.99. The number of fused-ring (bicyclic) bond motifs is 3. The van der Waals surface area contributed by atoms with E-state index in [1.807, 2.05) is 36.4 Å². The molecule has 0 fully saturated rings. The van der Waals surface area contributed by atoms with Crippen molar-refractivity contribution in [1.29, 1.82) is 0 Å². The second kappa shape index (κ2) is 10.4. The van der Waals surface area contributed by atoms with Crippen LogP contribution >= 0.6 is 23.1 Å². The molecule has 35 heavy (non-hydrogen) atoms. The number of ether oxygens (including phenoxy) is 1. The minimum Gasteiger partial charge on any atom is -0.497 e. The SMILES string of the molecule is COc1ccc(-n2c(SCC(=O)NN=Cc3ccccn3)nc3sc4c(c3c2=O)CCCC4)cc1. The van der Waals surface area contributed by atoms with Crippen LogP contribution in [0.5, 0.6) is 5.75 Å². The molecule has 1 amide bonds. The normalized spacial score (nSPS) is 13.2. The van der Waals surface area contributed by atoms with Gasteiger partial charge in [0.15, 0.2) is 5.16 Å². The fourth-order valence-corrected chi connectivity index (χ4v) is 6.13. The van der Waals surface area contributed by atoms with Gasteiger partial charge in [-0.3, -0.25) is 19.1 Å². The third-order valence-corrected chi connectivity index (χ3v) is 7.82. The zero-order valence-corrected chi connectivity index (χ0v) is 20.7. The van der Waals surface area contributed by atoms with Crippen LogP contribution in [-0.2, 0) is 17.6 Å². The van der Waals surface area contributed by atoms with E-state index >= 15 is 0 Å². The summed E-state index contributed by atoms with van der Waals surface area (Å²) < 4.78 is 6.86. The topological polar surface area (TPSA) is 98.5 Å². The van der Waals surface area contributed by atoms with Gasteiger partial charge in [-0.1, -0.05) is 17.8 Å². The number of methoxy groups -OCH3 is 1. The molecule has 0 unspecified atom stereocenters. The Labute approximate surface area is 210 Å². The number of nitrogens with zero attached hydrogens (tertiary/aromatic N) is 4. The highest BCUT2D eigenvalue weighted by atomic mass is 32.2. The number of carbonyl (C=O) groups is 1. The van der Waals surface area contributed by atoms with Gasteiger partial charge in [0.25, 0.3) is 11.5 Å². The van der Waals surface area contributed by atoms with Crippen molar-refractivity contribution in [3.05, 3.63) is 75.1 Å². The van der Waals surface area contributed by atoms with Crippen molar-refractivity contribution in [2.24, 2.45) is 5.10 Å². The van der Waals surface area contributed by atoms with Gasteiger partial charge in [-0.25, -0.2) is 10.4 Å². The van der Waals surface area contributed by atoms with Crippen LogP contribution in [0.4, 0.5) is 0 Å². The number of hydrogen-bond donors (Lipinski definition) is 1. The first kappa shape index (κ1) is 23.3. The summed E-state index contributed by atoms with van der Waals surface area (Å²) in [7, 11) is 1.60. The van der Waals surface area contributed by atoms with Crippen molar-refractivity contribution in [2.75, 3.05) is 12.9 Å². The zero-order chi connectivity index (χ0) is 24.2. The number of carbonyl (C=O) groups excluding carboxylic acids is 1. The minimum absolute atomic E-state index is 0.0543. The van der Waals surface area contributed by atoms with Crippen LogP contribution in [0.15, 0.2) is 63.7 Å². The lowest BCUT2D eigenvalue weighted by atomic mass is 9.97. The third kappa shape index (κ3) is 4.98. The molecule has 0 saturated carbocycles. The molecule has 1 aliphatic carbocycles. The molecule has 0 spiro atoms. The standard InChI is InChI=1S/C25H23N5O3S2/c1-33-18-11-9-17(10-12-18)30-24(32)22-19-7-2-3-8-20(19)35-23(22)28-25(30)34-15-21(31)29-27-14-16-6-4-5-13-26-16/h4-6,9-14H,2-3,7-8,15H2,1H3,(H,29,31). The van der Waals surface area contributed by atoms with Crippen LogP contribution in [0.2, 0.25) is 0 Å². The van der Waals surface area contributed by atoms with Gasteiger partial charge in [0.05, 0.1) is 35.8 Å². The van der Waals surface area contributed by atoms with Gasteiger partial charge in [0.2, 0.25) is 0 Å². The maximum Gasteiger partial charge on any atom is 0.267 e. The van der Waals surface area contributed by atoms with Crippen LogP contribution in [0, 0.1) is 0 Å². The van der Waals surface area contributed by atoms with Gasteiger partial charge in [0, 0.05) is 11.1 Å². The van der Waals surface area contributed by atoms with Crippen molar-refractivity contribution in [2.45, 2.75) is 30.8 Å². The highest BCUT2D eigenvalue weighted by Gasteiger charge is 2.23. The van der Waals surface area contributed by atoms with E-state index in [2.05, 4.69) is 15.5 Å². The van der Waals surface area contributed by atoms with E-state index in [1.165, 1.54) is 22.9 Å². The number of thioether (sulfide) groups is 1. The summed E-state index contributed by atoms with van der Waals surface area (Å²) in [6, 6.07) is 12.7. The number of amides is 1. The zero-order valence-electron chi connectivity index (χ0n) is 19.1.